The number of aryl methyl sites for hydroxylation is 1. The van der Waals surface area contributed by atoms with E-state index in [-0.39, 0.29) is 0 Å². The Balaban J connectivity index is 1.99. The molecule has 98 valence electrons. The van der Waals surface area contributed by atoms with Gasteiger partial charge in [0.1, 0.15) is 5.01 Å². The fraction of sp³-hybridized carbons (Fsp3) is 0.538. The molecule has 2 aromatic heterocycles. The van der Waals surface area contributed by atoms with Crippen LogP contribution < -0.4 is 5.32 Å². The molecule has 0 atom stereocenters. The van der Waals surface area contributed by atoms with E-state index in [9.17, 15) is 0 Å². The van der Waals surface area contributed by atoms with Crippen LogP contribution in [0.2, 0.25) is 0 Å². The van der Waals surface area contributed by atoms with Gasteiger partial charge < -0.3 is 5.32 Å². The monoisotopic (exact) mass is 264 g/mol. The zero-order valence-corrected chi connectivity index (χ0v) is 11.8. The first-order chi connectivity index (χ1) is 8.83. The predicted octanol–water partition coefficient (Wildman–Crippen LogP) is 2.92. The second-order valence-electron chi connectivity index (χ2n) is 4.30. The van der Waals surface area contributed by atoms with Gasteiger partial charge in [0, 0.05) is 35.9 Å². The average molecular weight is 264 g/mol. The van der Waals surface area contributed by atoms with Crippen molar-refractivity contribution in [1.82, 2.24) is 20.1 Å². The van der Waals surface area contributed by atoms with Crippen molar-refractivity contribution in [3.63, 3.8) is 0 Å². The molecule has 0 amide bonds. The van der Waals surface area contributed by atoms with Gasteiger partial charge in [-0.15, -0.1) is 11.3 Å². The first-order valence-corrected chi connectivity index (χ1v) is 7.33. The van der Waals surface area contributed by atoms with Gasteiger partial charge in [0.2, 0.25) is 0 Å². The van der Waals surface area contributed by atoms with Crippen molar-refractivity contribution in [2.24, 2.45) is 0 Å². The third-order valence-electron chi connectivity index (χ3n) is 2.61. The summed E-state index contributed by atoms with van der Waals surface area (Å²) in [6, 6.07) is 0. The number of hydrogen-bond donors (Lipinski definition) is 1. The molecule has 0 spiro atoms. The summed E-state index contributed by atoms with van der Waals surface area (Å²) < 4.78 is 1.98. The molecular weight excluding hydrogens is 244 g/mol. The van der Waals surface area contributed by atoms with Crippen molar-refractivity contribution in [1.29, 1.82) is 0 Å². The molecule has 0 unspecified atom stereocenters. The van der Waals surface area contributed by atoms with E-state index < -0.39 is 0 Å². The van der Waals surface area contributed by atoms with E-state index in [4.69, 9.17) is 0 Å². The molecule has 2 heterocycles. The van der Waals surface area contributed by atoms with Crippen LogP contribution in [-0.2, 0) is 13.1 Å². The topological polar surface area (TPSA) is 42.7 Å². The van der Waals surface area contributed by atoms with Crippen molar-refractivity contribution in [3.05, 3.63) is 23.5 Å². The first kappa shape index (κ1) is 13.2. The maximum atomic E-state index is 4.46. The quantitative estimate of drug-likeness (QED) is 0.782. The maximum absolute atomic E-state index is 4.46. The summed E-state index contributed by atoms with van der Waals surface area (Å²) in [5.74, 6) is 0. The predicted molar refractivity (Wildman–Crippen MR) is 75.6 cm³/mol. The molecule has 0 fully saturated rings. The van der Waals surface area contributed by atoms with Crippen LogP contribution >= 0.6 is 11.3 Å². The molecule has 5 heteroatoms. The Bertz CT molecular complexity index is 475. The highest BCUT2D eigenvalue weighted by molar-refractivity contribution is 7.15. The molecule has 0 aliphatic heterocycles. The molecule has 0 bridgehead atoms. The summed E-state index contributed by atoms with van der Waals surface area (Å²) in [6.07, 6.45) is 8.20. The summed E-state index contributed by atoms with van der Waals surface area (Å²) in [7, 11) is 0. The number of nitrogens with zero attached hydrogens (tertiary/aromatic N) is 3. The number of hydrogen-bond acceptors (Lipinski definition) is 4. The van der Waals surface area contributed by atoms with Crippen LogP contribution in [0.5, 0.6) is 0 Å². The number of aromatic nitrogens is 3. The Kier molecular flexibility index (Phi) is 4.90. The summed E-state index contributed by atoms with van der Waals surface area (Å²) in [4.78, 5) is 5.74. The fourth-order valence-electron chi connectivity index (χ4n) is 1.74. The van der Waals surface area contributed by atoms with Crippen molar-refractivity contribution in [2.45, 2.75) is 39.8 Å². The molecule has 0 aromatic carbocycles. The lowest BCUT2D eigenvalue weighted by Gasteiger charge is -1.97. The number of thiazole rings is 1. The summed E-state index contributed by atoms with van der Waals surface area (Å²) >= 11 is 1.74. The van der Waals surface area contributed by atoms with Crippen molar-refractivity contribution < 1.29 is 0 Å². The van der Waals surface area contributed by atoms with Gasteiger partial charge in [-0.25, -0.2) is 4.98 Å². The van der Waals surface area contributed by atoms with Crippen LogP contribution in [0.3, 0.4) is 0 Å². The lowest BCUT2D eigenvalue weighted by atomic mass is 10.4. The van der Waals surface area contributed by atoms with Crippen molar-refractivity contribution in [3.8, 4) is 10.6 Å². The van der Waals surface area contributed by atoms with Crippen LogP contribution in [-0.4, -0.2) is 21.3 Å². The zero-order valence-electron chi connectivity index (χ0n) is 11.0. The number of rotatable bonds is 7. The fourth-order valence-corrected chi connectivity index (χ4v) is 2.59. The molecule has 1 N–H and O–H groups in total. The van der Waals surface area contributed by atoms with Crippen LogP contribution in [0, 0.1) is 0 Å². The Morgan fingerprint density at radius 1 is 1.28 bits per heavy atom. The normalized spacial score (nSPS) is 11.0. The largest absolute Gasteiger partial charge is 0.312 e. The smallest absolute Gasteiger partial charge is 0.126 e. The van der Waals surface area contributed by atoms with Crippen LogP contribution in [0.15, 0.2) is 18.6 Å². The Morgan fingerprint density at radius 2 is 2.17 bits per heavy atom. The number of nitrogens with one attached hydrogen (secondary N) is 1. The summed E-state index contributed by atoms with van der Waals surface area (Å²) in [6.45, 7) is 7.27. The third kappa shape index (κ3) is 3.40. The Labute approximate surface area is 112 Å². The minimum atomic E-state index is 0.911. The van der Waals surface area contributed by atoms with Gasteiger partial charge >= 0.3 is 0 Å². The van der Waals surface area contributed by atoms with Gasteiger partial charge in [-0.1, -0.05) is 13.8 Å². The van der Waals surface area contributed by atoms with E-state index >= 15 is 0 Å². The molecular formula is C13H20N4S. The lowest BCUT2D eigenvalue weighted by Crippen LogP contribution is -2.12. The molecule has 0 saturated heterocycles. The average Bonchev–Trinajstić information content (AvgIpc) is 2.98. The molecule has 18 heavy (non-hydrogen) atoms. The zero-order chi connectivity index (χ0) is 12.8. The van der Waals surface area contributed by atoms with E-state index in [1.807, 2.05) is 17.1 Å². The Hall–Kier alpha value is -1.20. The molecule has 2 aromatic rings. The standard InChI is InChI=1S/C13H20N4S/c1-3-5-14-8-12-9-15-13(18-12)11-7-16-17(10-11)6-4-2/h7,9-10,14H,3-6,8H2,1-2H3. The minimum Gasteiger partial charge on any atom is -0.312 e. The van der Waals surface area contributed by atoms with Crippen LogP contribution in [0.25, 0.3) is 10.6 Å². The second kappa shape index (κ2) is 6.66. The SMILES string of the molecule is CCCNCc1cnc(-c2cnn(CCC)c2)s1. The van der Waals surface area contributed by atoms with E-state index in [0.29, 0.717) is 0 Å². The van der Waals surface area contributed by atoms with E-state index in [1.165, 1.54) is 4.88 Å². The molecule has 0 radical (unpaired) electrons. The summed E-state index contributed by atoms with van der Waals surface area (Å²) in [5.41, 5.74) is 1.12. The van der Waals surface area contributed by atoms with Gasteiger partial charge in [0.25, 0.3) is 0 Å². The first-order valence-electron chi connectivity index (χ1n) is 6.51. The highest BCUT2D eigenvalue weighted by Crippen LogP contribution is 2.24. The van der Waals surface area contributed by atoms with Gasteiger partial charge in [-0.3, -0.25) is 4.68 Å². The van der Waals surface area contributed by atoms with Crippen molar-refractivity contribution >= 4 is 11.3 Å². The highest BCUT2D eigenvalue weighted by atomic mass is 32.1. The minimum absolute atomic E-state index is 0.911. The molecule has 0 aliphatic rings. The molecule has 4 nitrogen and oxygen atoms in total. The molecule has 0 saturated carbocycles. The van der Waals surface area contributed by atoms with E-state index in [0.717, 1.165) is 43.0 Å². The van der Waals surface area contributed by atoms with Gasteiger partial charge in [0.15, 0.2) is 0 Å². The molecule has 2 rings (SSSR count). The van der Waals surface area contributed by atoms with Gasteiger partial charge in [-0.2, -0.15) is 5.10 Å². The van der Waals surface area contributed by atoms with E-state index in [2.05, 4.69) is 35.4 Å². The summed E-state index contributed by atoms with van der Waals surface area (Å²) in [5, 5.41) is 8.79. The van der Waals surface area contributed by atoms with Crippen LogP contribution in [0.4, 0.5) is 0 Å². The van der Waals surface area contributed by atoms with E-state index in [1.54, 1.807) is 11.3 Å². The van der Waals surface area contributed by atoms with Gasteiger partial charge in [-0.05, 0) is 19.4 Å². The van der Waals surface area contributed by atoms with Crippen LogP contribution in [0.1, 0.15) is 31.6 Å². The molecule has 0 aliphatic carbocycles. The third-order valence-corrected chi connectivity index (χ3v) is 3.66. The maximum Gasteiger partial charge on any atom is 0.126 e. The van der Waals surface area contributed by atoms with Crippen molar-refractivity contribution in [2.75, 3.05) is 6.54 Å². The second-order valence-corrected chi connectivity index (χ2v) is 5.42. The lowest BCUT2D eigenvalue weighted by molar-refractivity contribution is 0.603. The highest BCUT2D eigenvalue weighted by Gasteiger charge is 2.06. The van der Waals surface area contributed by atoms with Gasteiger partial charge in [0.05, 0.1) is 6.20 Å². The Morgan fingerprint density at radius 3 is 2.94 bits per heavy atom.